The Kier molecular flexibility index (Phi) is 4.60. The number of carbonyl (C=O) groups is 2. The van der Waals surface area contributed by atoms with E-state index in [9.17, 15) is 9.59 Å². The number of hydrogen-bond donors (Lipinski definition) is 0. The highest BCUT2D eigenvalue weighted by Crippen LogP contribution is 2.44. The number of ether oxygens (including phenoxy) is 1. The van der Waals surface area contributed by atoms with Gasteiger partial charge in [-0.2, -0.15) is 5.10 Å². The molecule has 1 saturated heterocycles. The standard InChI is InChI=1S/C25H24N6O4/c1-16-21(14-35-27-16)23(32)30-8-9-31-24(33)22-10-17(18-11-26-28(2)12-18)13-29(22)15-25(30,31)19-4-6-20(34-3)7-5-19/h4-7,10-14H,8-9,15H2,1-3H3. The number of fused-ring (bicyclic) bond motifs is 2. The van der Waals surface area contributed by atoms with Crippen LogP contribution >= 0.6 is 0 Å². The van der Waals surface area contributed by atoms with E-state index < -0.39 is 5.66 Å². The summed E-state index contributed by atoms with van der Waals surface area (Å²) >= 11 is 0. The van der Waals surface area contributed by atoms with Crippen LogP contribution in [0.1, 0.15) is 32.1 Å². The second kappa shape index (κ2) is 7.59. The predicted octanol–water partition coefficient (Wildman–Crippen LogP) is 2.66. The van der Waals surface area contributed by atoms with E-state index in [1.807, 2.05) is 54.3 Å². The number of hydrogen-bond acceptors (Lipinski definition) is 6. The van der Waals surface area contributed by atoms with Gasteiger partial charge >= 0.3 is 0 Å². The highest BCUT2D eigenvalue weighted by molar-refractivity contribution is 5.99. The van der Waals surface area contributed by atoms with Crippen LogP contribution in [0.4, 0.5) is 0 Å². The van der Waals surface area contributed by atoms with Crippen molar-refractivity contribution in [2.75, 3.05) is 20.2 Å². The Hall–Kier alpha value is -4.34. The Morgan fingerprint density at radius 3 is 2.60 bits per heavy atom. The molecule has 2 aliphatic rings. The van der Waals surface area contributed by atoms with E-state index in [-0.39, 0.29) is 11.8 Å². The first kappa shape index (κ1) is 21.2. The Labute approximate surface area is 201 Å². The summed E-state index contributed by atoms with van der Waals surface area (Å²) in [4.78, 5) is 31.2. The number of nitrogens with zero attached hydrogens (tertiary/aromatic N) is 6. The van der Waals surface area contributed by atoms with Gasteiger partial charge in [0.1, 0.15) is 23.3 Å². The minimum absolute atomic E-state index is 0.125. The highest BCUT2D eigenvalue weighted by atomic mass is 16.5. The molecule has 2 aliphatic heterocycles. The van der Waals surface area contributed by atoms with Crippen LogP contribution in [0.3, 0.4) is 0 Å². The maximum Gasteiger partial charge on any atom is 0.272 e. The summed E-state index contributed by atoms with van der Waals surface area (Å²) in [6.07, 6.45) is 7.01. The van der Waals surface area contributed by atoms with Crippen molar-refractivity contribution in [1.29, 1.82) is 0 Å². The lowest BCUT2D eigenvalue weighted by molar-refractivity contribution is -0.00597. The van der Waals surface area contributed by atoms with Crippen LogP contribution in [0.5, 0.6) is 5.75 Å². The zero-order valence-electron chi connectivity index (χ0n) is 19.6. The summed E-state index contributed by atoms with van der Waals surface area (Å²) in [5, 5.41) is 8.15. The molecule has 0 spiro atoms. The van der Waals surface area contributed by atoms with Crippen LogP contribution in [0.2, 0.25) is 0 Å². The van der Waals surface area contributed by atoms with E-state index in [2.05, 4.69) is 10.3 Å². The van der Waals surface area contributed by atoms with Crippen molar-refractivity contribution < 1.29 is 18.8 Å². The zero-order chi connectivity index (χ0) is 24.3. The molecule has 0 saturated carbocycles. The maximum absolute atomic E-state index is 13.9. The molecule has 10 heteroatoms. The smallest absolute Gasteiger partial charge is 0.272 e. The van der Waals surface area contributed by atoms with Gasteiger partial charge in [0.2, 0.25) is 0 Å². The van der Waals surface area contributed by atoms with Crippen molar-refractivity contribution in [2.24, 2.45) is 7.05 Å². The average Bonchev–Trinajstić information content (AvgIpc) is 3.64. The van der Waals surface area contributed by atoms with Crippen molar-refractivity contribution in [3.05, 3.63) is 77.7 Å². The lowest BCUT2D eigenvalue weighted by atomic mass is 9.93. The lowest BCUT2D eigenvalue weighted by Gasteiger charge is -2.47. The molecule has 0 aliphatic carbocycles. The molecule has 4 aromatic rings. The molecule has 10 nitrogen and oxygen atoms in total. The summed E-state index contributed by atoms with van der Waals surface area (Å²) < 4.78 is 14.1. The molecule has 6 rings (SSSR count). The van der Waals surface area contributed by atoms with E-state index >= 15 is 0 Å². The van der Waals surface area contributed by atoms with Crippen molar-refractivity contribution in [3.8, 4) is 16.9 Å². The van der Waals surface area contributed by atoms with Crippen LogP contribution in [0.15, 0.2) is 59.7 Å². The number of amides is 2. The molecule has 1 atom stereocenters. The Bertz CT molecular complexity index is 1450. The van der Waals surface area contributed by atoms with Crippen molar-refractivity contribution in [3.63, 3.8) is 0 Å². The third-order valence-corrected chi connectivity index (χ3v) is 7.01. The monoisotopic (exact) mass is 472 g/mol. The molecule has 1 unspecified atom stereocenters. The van der Waals surface area contributed by atoms with Crippen LogP contribution < -0.4 is 4.74 Å². The number of aromatic nitrogens is 4. The van der Waals surface area contributed by atoms with E-state index in [4.69, 9.17) is 9.26 Å². The van der Waals surface area contributed by atoms with E-state index in [1.165, 1.54) is 6.26 Å². The normalized spacial score (nSPS) is 19.1. The lowest BCUT2D eigenvalue weighted by Crippen LogP contribution is -2.60. The van der Waals surface area contributed by atoms with Gasteiger partial charge < -0.3 is 23.6 Å². The van der Waals surface area contributed by atoms with Gasteiger partial charge in [0, 0.05) is 49.2 Å². The molecule has 1 fully saturated rings. The summed E-state index contributed by atoms with van der Waals surface area (Å²) in [6, 6.07) is 9.44. The topological polar surface area (TPSA) is 98.6 Å². The second-order valence-corrected chi connectivity index (χ2v) is 8.92. The van der Waals surface area contributed by atoms with Crippen molar-refractivity contribution in [1.82, 2.24) is 29.3 Å². The first-order chi connectivity index (χ1) is 16.9. The Morgan fingerprint density at radius 2 is 1.94 bits per heavy atom. The van der Waals surface area contributed by atoms with Crippen LogP contribution in [-0.2, 0) is 19.3 Å². The van der Waals surface area contributed by atoms with Gasteiger partial charge in [-0.15, -0.1) is 0 Å². The second-order valence-electron chi connectivity index (χ2n) is 8.92. The minimum atomic E-state index is -1.01. The molecule has 3 aromatic heterocycles. The molecule has 35 heavy (non-hydrogen) atoms. The van der Waals surface area contributed by atoms with Crippen molar-refractivity contribution in [2.45, 2.75) is 19.1 Å². The molecule has 178 valence electrons. The number of carbonyl (C=O) groups excluding carboxylic acids is 2. The largest absolute Gasteiger partial charge is 0.497 e. The summed E-state index contributed by atoms with van der Waals surface area (Å²) in [7, 11) is 3.46. The van der Waals surface area contributed by atoms with E-state index in [0.29, 0.717) is 42.3 Å². The zero-order valence-corrected chi connectivity index (χ0v) is 19.6. The van der Waals surface area contributed by atoms with Gasteiger partial charge in [-0.25, -0.2) is 0 Å². The third kappa shape index (κ3) is 3.02. The quantitative estimate of drug-likeness (QED) is 0.453. The van der Waals surface area contributed by atoms with Gasteiger partial charge in [0.15, 0.2) is 5.66 Å². The van der Waals surface area contributed by atoms with Gasteiger partial charge in [-0.3, -0.25) is 14.3 Å². The van der Waals surface area contributed by atoms with Crippen LogP contribution in [0, 0.1) is 6.92 Å². The SMILES string of the molecule is COc1ccc(C23Cn4cc(-c5cnn(C)c5)cc4C(=O)N2CCN3C(=O)c2conc2C)cc1. The van der Waals surface area contributed by atoms with Gasteiger partial charge in [0.05, 0.1) is 25.5 Å². The molecule has 2 amide bonds. The first-order valence-corrected chi connectivity index (χ1v) is 11.3. The average molecular weight is 473 g/mol. The van der Waals surface area contributed by atoms with Gasteiger partial charge in [-0.1, -0.05) is 17.3 Å². The summed E-state index contributed by atoms with van der Waals surface area (Å²) in [6.45, 7) is 2.92. The highest BCUT2D eigenvalue weighted by Gasteiger charge is 2.56. The summed E-state index contributed by atoms with van der Waals surface area (Å²) in [5.74, 6) is 0.350. The summed E-state index contributed by atoms with van der Waals surface area (Å²) in [5.41, 5.74) is 3.14. The maximum atomic E-state index is 13.9. The third-order valence-electron chi connectivity index (χ3n) is 7.01. The fraction of sp³-hybridized carbons (Fsp3) is 0.280. The predicted molar refractivity (Wildman–Crippen MR) is 125 cm³/mol. The molecule has 5 heterocycles. The van der Waals surface area contributed by atoms with Crippen molar-refractivity contribution >= 4 is 11.8 Å². The number of aryl methyl sites for hydroxylation is 2. The van der Waals surface area contributed by atoms with Gasteiger partial charge in [-0.05, 0) is 25.1 Å². The number of methoxy groups -OCH3 is 1. The molecular weight excluding hydrogens is 448 g/mol. The molecular formula is C25H24N6O4. The van der Waals surface area contributed by atoms with E-state index in [1.54, 1.807) is 34.7 Å². The number of benzene rings is 1. The Balaban J connectivity index is 1.51. The molecule has 0 bridgehead atoms. The van der Waals surface area contributed by atoms with Crippen LogP contribution in [0.25, 0.3) is 11.1 Å². The first-order valence-electron chi connectivity index (χ1n) is 11.3. The fourth-order valence-electron chi connectivity index (χ4n) is 5.25. The Morgan fingerprint density at radius 1 is 1.14 bits per heavy atom. The molecule has 1 aromatic carbocycles. The van der Waals surface area contributed by atoms with E-state index in [0.717, 1.165) is 16.7 Å². The van der Waals surface area contributed by atoms with Crippen LogP contribution in [-0.4, -0.2) is 61.3 Å². The fourth-order valence-corrected chi connectivity index (χ4v) is 5.25. The van der Waals surface area contributed by atoms with Gasteiger partial charge in [0.25, 0.3) is 11.8 Å². The molecule has 0 N–H and O–H groups in total. The molecule has 0 radical (unpaired) electrons. The number of rotatable bonds is 4. The minimum Gasteiger partial charge on any atom is -0.497 e.